The number of amides is 1. The third kappa shape index (κ3) is 5.68. The van der Waals surface area contributed by atoms with Gasteiger partial charge < -0.3 is 9.72 Å². The Hall–Kier alpha value is -3.45. The Balaban J connectivity index is 1.93. The number of benzene rings is 2. The van der Waals surface area contributed by atoms with E-state index in [1.807, 2.05) is 43.3 Å². The van der Waals surface area contributed by atoms with E-state index in [-0.39, 0.29) is 23.8 Å². The first-order chi connectivity index (χ1) is 16.0. The number of rotatable bonds is 9. The third-order valence-electron chi connectivity index (χ3n) is 5.31. The van der Waals surface area contributed by atoms with E-state index in [0.29, 0.717) is 23.5 Å². The number of alkyl halides is 1. The second-order valence-corrected chi connectivity index (χ2v) is 7.74. The highest BCUT2D eigenvalue weighted by Crippen LogP contribution is 2.26. The predicted octanol–water partition coefficient (Wildman–Crippen LogP) is 4.19. The summed E-state index contributed by atoms with van der Waals surface area (Å²) in [5, 5.41) is 0. The number of methoxy groups -OCH3 is 1. The van der Waals surface area contributed by atoms with E-state index in [1.165, 1.54) is 18.3 Å². The normalized spacial score (nSPS) is 10.6. The maximum Gasteiger partial charge on any atom is 0.338 e. The first-order valence-electron chi connectivity index (χ1n) is 10.7. The van der Waals surface area contributed by atoms with Gasteiger partial charge >= 0.3 is 5.97 Å². The highest BCUT2D eigenvalue weighted by molar-refractivity contribution is 6.29. The van der Waals surface area contributed by atoms with Crippen molar-refractivity contribution < 1.29 is 14.3 Å². The molecule has 1 amide bonds. The maximum absolute atomic E-state index is 12.7. The molecule has 8 heteroatoms. The number of halogens is 1. The molecule has 2 aromatic carbocycles. The molecular weight excluding hydrogens is 442 g/mol. The van der Waals surface area contributed by atoms with E-state index in [4.69, 9.17) is 16.3 Å². The van der Waals surface area contributed by atoms with E-state index < -0.39 is 5.97 Å². The Labute approximate surface area is 197 Å². The number of aromatic nitrogens is 2. The Morgan fingerprint density at radius 2 is 1.85 bits per heavy atom. The molecule has 1 aromatic heterocycles. The molecule has 0 bridgehead atoms. The number of aromatic amines is 1. The zero-order valence-electron chi connectivity index (χ0n) is 18.6. The number of anilines is 1. The Kier molecular flexibility index (Phi) is 8.38. The summed E-state index contributed by atoms with van der Waals surface area (Å²) in [6.07, 6.45) is 3.24. The van der Waals surface area contributed by atoms with Gasteiger partial charge in [-0.05, 0) is 29.2 Å². The van der Waals surface area contributed by atoms with E-state index in [1.54, 1.807) is 12.1 Å². The molecule has 0 aliphatic rings. The molecule has 0 saturated heterocycles. The van der Waals surface area contributed by atoms with Crippen LogP contribution in [-0.2, 0) is 16.0 Å². The van der Waals surface area contributed by atoms with Crippen molar-refractivity contribution in [3.05, 3.63) is 81.9 Å². The number of carbonyl (C=O) groups is 2. The molecule has 1 N–H and O–H groups in total. The van der Waals surface area contributed by atoms with Crippen LogP contribution in [0.5, 0.6) is 0 Å². The summed E-state index contributed by atoms with van der Waals surface area (Å²) in [6.45, 7) is 2.46. The number of nitrogens with one attached hydrogen (secondary N) is 1. The van der Waals surface area contributed by atoms with Crippen LogP contribution in [0.3, 0.4) is 0 Å². The fourth-order valence-electron chi connectivity index (χ4n) is 3.58. The van der Waals surface area contributed by atoms with Crippen molar-refractivity contribution in [2.45, 2.75) is 26.2 Å². The van der Waals surface area contributed by atoms with E-state index >= 15 is 0 Å². The van der Waals surface area contributed by atoms with Crippen LogP contribution in [0.1, 0.15) is 41.3 Å². The number of H-pyrrole nitrogens is 1. The van der Waals surface area contributed by atoms with Crippen molar-refractivity contribution in [3.63, 3.8) is 0 Å². The summed E-state index contributed by atoms with van der Waals surface area (Å²) >= 11 is 5.81. The third-order valence-corrected chi connectivity index (χ3v) is 5.54. The first-order valence-corrected chi connectivity index (χ1v) is 11.2. The first kappa shape index (κ1) is 24.2. The van der Waals surface area contributed by atoms with Crippen LogP contribution >= 0.6 is 11.6 Å². The lowest BCUT2D eigenvalue weighted by molar-refractivity contribution is -0.116. The molecule has 3 rings (SSSR count). The number of ether oxygens (including phenoxy) is 1. The standard InChI is InChI=1S/C25H26ClN3O4/c1-3-4-13-29(22(30)15-26)23-21(24(31)28-16-27-23)14-17-9-11-18(12-10-17)19-7-5-6-8-20(19)25(32)33-2/h5-12,16H,3-4,13-15H2,1-2H3,(H,27,28,31). The quantitative estimate of drug-likeness (QED) is 0.376. The van der Waals surface area contributed by atoms with Crippen LogP contribution in [0.4, 0.5) is 5.82 Å². The van der Waals surface area contributed by atoms with Crippen LogP contribution in [-0.4, -0.2) is 41.4 Å². The van der Waals surface area contributed by atoms with Gasteiger partial charge in [-0.3, -0.25) is 14.5 Å². The van der Waals surface area contributed by atoms with Crippen LogP contribution in [0.15, 0.2) is 59.7 Å². The lowest BCUT2D eigenvalue weighted by Gasteiger charge is -2.22. The Morgan fingerprint density at radius 1 is 1.12 bits per heavy atom. The summed E-state index contributed by atoms with van der Waals surface area (Å²) in [4.78, 5) is 45.6. The Morgan fingerprint density at radius 3 is 2.52 bits per heavy atom. The second kappa shape index (κ2) is 11.4. The summed E-state index contributed by atoms with van der Waals surface area (Å²) in [6, 6.07) is 14.8. The minimum atomic E-state index is -0.405. The predicted molar refractivity (Wildman–Crippen MR) is 129 cm³/mol. The maximum atomic E-state index is 12.7. The average molecular weight is 468 g/mol. The summed E-state index contributed by atoms with van der Waals surface area (Å²) < 4.78 is 4.88. The van der Waals surface area contributed by atoms with Gasteiger partial charge in [0.15, 0.2) is 0 Å². The molecule has 0 fully saturated rings. The van der Waals surface area contributed by atoms with Crippen LogP contribution < -0.4 is 10.5 Å². The van der Waals surface area contributed by atoms with Gasteiger partial charge in [0.25, 0.3) is 5.56 Å². The molecule has 3 aromatic rings. The van der Waals surface area contributed by atoms with Crippen LogP contribution in [0, 0.1) is 0 Å². The molecule has 1 heterocycles. The van der Waals surface area contributed by atoms with Crippen molar-refractivity contribution >= 4 is 29.3 Å². The van der Waals surface area contributed by atoms with Gasteiger partial charge in [0.2, 0.25) is 5.91 Å². The van der Waals surface area contributed by atoms with Crippen molar-refractivity contribution in [3.8, 4) is 11.1 Å². The molecular formula is C25H26ClN3O4. The molecule has 0 saturated carbocycles. The molecule has 7 nitrogen and oxygen atoms in total. The van der Waals surface area contributed by atoms with Crippen LogP contribution in [0.25, 0.3) is 11.1 Å². The highest BCUT2D eigenvalue weighted by Gasteiger charge is 2.21. The van der Waals surface area contributed by atoms with Gasteiger partial charge in [-0.2, -0.15) is 0 Å². The fraction of sp³-hybridized carbons (Fsp3) is 0.280. The minimum Gasteiger partial charge on any atom is -0.465 e. The number of unbranched alkanes of at least 4 members (excludes halogenated alkanes) is 1. The van der Waals surface area contributed by atoms with Gasteiger partial charge in [-0.15, -0.1) is 11.6 Å². The zero-order chi connectivity index (χ0) is 23.8. The Bertz CT molecular complexity index is 1170. The second-order valence-electron chi connectivity index (χ2n) is 7.48. The SMILES string of the molecule is CCCCN(C(=O)CCl)c1nc[nH]c(=O)c1Cc1ccc(-c2ccccc2C(=O)OC)cc1. The molecule has 0 unspecified atom stereocenters. The van der Waals surface area contributed by atoms with Crippen molar-refractivity contribution in [1.29, 1.82) is 0 Å². The van der Waals surface area contributed by atoms with Gasteiger partial charge in [0.05, 0.1) is 24.6 Å². The number of esters is 1. The number of carbonyl (C=O) groups excluding carboxylic acids is 2. The number of hydrogen-bond donors (Lipinski definition) is 1. The molecule has 0 aliphatic carbocycles. The molecule has 33 heavy (non-hydrogen) atoms. The summed E-state index contributed by atoms with van der Waals surface area (Å²) in [5.74, 6) is -0.555. The molecule has 0 aliphatic heterocycles. The largest absolute Gasteiger partial charge is 0.465 e. The zero-order valence-corrected chi connectivity index (χ0v) is 19.4. The topological polar surface area (TPSA) is 92.4 Å². The van der Waals surface area contributed by atoms with E-state index in [0.717, 1.165) is 29.5 Å². The highest BCUT2D eigenvalue weighted by atomic mass is 35.5. The molecule has 0 atom stereocenters. The van der Waals surface area contributed by atoms with Gasteiger partial charge in [-0.1, -0.05) is 55.8 Å². The van der Waals surface area contributed by atoms with Gasteiger partial charge in [0.1, 0.15) is 11.7 Å². The molecule has 172 valence electrons. The van der Waals surface area contributed by atoms with Gasteiger partial charge in [-0.25, -0.2) is 9.78 Å². The van der Waals surface area contributed by atoms with E-state index in [2.05, 4.69) is 9.97 Å². The lowest BCUT2D eigenvalue weighted by Crippen LogP contribution is -2.36. The summed E-state index contributed by atoms with van der Waals surface area (Å²) in [5.41, 5.74) is 3.04. The van der Waals surface area contributed by atoms with Gasteiger partial charge in [0, 0.05) is 13.0 Å². The fourth-order valence-corrected chi connectivity index (χ4v) is 3.72. The van der Waals surface area contributed by atoms with Crippen molar-refractivity contribution in [1.82, 2.24) is 9.97 Å². The monoisotopic (exact) mass is 467 g/mol. The van der Waals surface area contributed by atoms with E-state index in [9.17, 15) is 14.4 Å². The molecule has 0 radical (unpaired) electrons. The van der Waals surface area contributed by atoms with Crippen molar-refractivity contribution in [2.75, 3.05) is 24.4 Å². The lowest BCUT2D eigenvalue weighted by atomic mass is 9.97. The molecule has 0 spiro atoms. The summed E-state index contributed by atoms with van der Waals surface area (Å²) in [7, 11) is 1.35. The number of hydrogen-bond acceptors (Lipinski definition) is 5. The number of nitrogens with zero attached hydrogens (tertiary/aromatic N) is 2. The minimum absolute atomic E-state index is 0.189. The average Bonchev–Trinajstić information content (AvgIpc) is 2.85. The smallest absolute Gasteiger partial charge is 0.338 e. The van der Waals surface area contributed by atoms with Crippen LogP contribution in [0.2, 0.25) is 0 Å². The van der Waals surface area contributed by atoms with Crippen molar-refractivity contribution in [2.24, 2.45) is 0 Å².